The first-order valence-electron chi connectivity index (χ1n) is 9.47. The molecule has 1 aromatic heterocycles. The molecule has 0 bridgehead atoms. The molecule has 2 aliphatic carbocycles. The van der Waals surface area contributed by atoms with Crippen LogP contribution in [0.1, 0.15) is 69.4 Å². The Morgan fingerprint density at radius 2 is 1.96 bits per heavy atom. The Bertz CT molecular complexity index is 535. The molecule has 2 saturated carbocycles. The van der Waals surface area contributed by atoms with Gasteiger partial charge in [-0.25, -0.2) is 9.67 Å². The Morgan fingerprint density at radius 1 is 1.17 bits per heavy atom. The maximum atomic E-state index is 5.16. The first kappa shape index (κ1) is 15.6. The Labute approximate surface area is 139 Å². The predicted octanol–water partition coefficient (Wildman–Crippen LogP) is 2.83. The molecule has 5 heteroatoms. The second kappa shape index (κ2) is 6.52. The summed E-state index contributed by atoms with van der Waals surface area (Å²) in [7, 11) is 1.70. The molecule has 23 heavy (non-hydrogen) atoms. The quantitative estimate of drug-likeness (QED) is 0.927. The number of aromatic nitrogens is 3. The minimum atomic E-state index is 0.518. The van der Waals surface area contributed by atoms with Crippen LogP contribution in [0.15, 0.2) is 0 Å². The van der Waals surface area contributed by atoms with Gasteiger partial charge < -0.3 is 10.1 Å². The van der Waals surface area contributed by atoms with Crippen LogP contribution in [0.2, 0.25) is 0 Å². The summed E-state index contributed by atoms with van der Waals surface area (Å²) in [6.45, 7) is 1.49. The second-order valence-corrected chi connectivity index (χ2v) is 7.83. The van der Waals surface area contributed by atoms with Crippen molar-refractivity contribution in [1.29, 1.82) is 0 Å². The molecule has 0 aromatic carbocycles. The van der Waals surface area contributed by atoms with Gasteiger partial charge >= 0.3 is 0 Å². The first-order chi connectivity index (χ1) is 11.3. The maximum absolute atomic E-state index is 5.16. The monoisotopic (exact) mass is 318 g/mol. The SMILES string of the molecule is COCc1nc2n(n1)C[C@@H](N[C@@H]1CCCCC13CCCC3)CC2. The molecule has 3 aliphatic rings. The van der Waals surface area contributed by atoms with Crippen LogP contribution in [0.4, 0.5) is 0 Å². The van der Waals surface area contributed by atoms with Gasteiger partial charge in [-0.2, -0.15) is 5.10 Å². The van der Waals surface area contributed by atoms with E-state index >= 15 is 0 Å². The molecule has 2 fully saturated rings. The third-order valence-corrected chi connectivity index (χ3v) is 6.37. The summed E-state index contributed by atoms with van der Waals surface area (Å²) in [5.41, 5.74) is 0.613. The predicted molar refractivity (Wildman–Crippen MR) is 89.1 cm³/mol. The van der Waals surface area contributed by atoms with E-state index in [-0.39, 0.29) is 0 Å². The van der Waals surface area contributed by atoms with E-state index in [1.54, 1.807) is 7.11 Å². The molecule has 0 radical (unpaired) electrons. The fourth-order valence-corrected chi connectivity index (χ4v) is 5.22. The van der Waals surface area contributed by atoms with Crippen LogP contribution in [-0.4, -0.2) is 34.0 Å². The number of methoxy groups -OCH3 is 1. The normalized spacial score (nSPS) is 29.8. The molecular weight excluding hydrogens is 288 g/mol. The van der Waals surface area contributed by atoms with Crippen molar-refractivity contribution in [2.75, 3.05) is 7.11 Å². The molecule has 128 valence electrons. The Balaban J connectivity index is 1.42. The highest BCUT2D eigenvalue weighted by Crippen LogP contribution is 2.49. The van der Waals surface area contributed by atoms with Gasteiger partial charge in [0.1, 0.15) is 12.4 Å². The van der Waals surface area contributed by atoms with Gasteiger partial charge in [0, 0.05) is 25.6 Å². The second-order valence-electron chi connectivity index (χ2n) is 7.83. The molecule has 1 aromatic rings. The minimum Gasteiger partial charge on any atom is -0.377 e. The molecule has 1 spiro atoms. The summed E-state index contributed by atoms with van der Waals surface area (Å²) >= 11 is 0. The average Bonchev–Trinajstić information content (AvgIpc) is 3.17. The lowest BCUT2D eigenvalue weighted by molar-refractivity contribution is 0.113. The Kier molecular flexibility index (Phi) is 4.41. The molecule has 0 amide bonds. The van der Waals surface area contributed by atoms with Crippen molar-refractivity contribution in [2.45, 2.75) is 89.4 Å². The zero-order valence-electron chi connectivity index (χ0n) is 14.4. The number of hydrogen-bond donors (Lipinski definition) is 1. The van der Waals surface area contributed by atoms with Crippen molar-refractivity contribution in [3.05, 3.63) is 11.6 Å². The number of aryl methyl sites for hydroxylation is 1. The van der Waals surface area contributed by atoms with Crippen LogP contribution in [0.25, 0.3) is 0 Å². The summed E-state index contributed by atoms with van der Waals surface area (Å²) in [5.74, 6) is 1.96. The molecule has 2 atom stereocenters. The van der Waals surface area contributed by atoms with Crippen LogP contribution in [0.3, 0.4) is 0 Å². The molecule has 5 nitrogen and oxygen atoms in total. The molecular formula is C18H30N4O. The highest BCUT2D eigenvalue weighted by molar-refractivity contribution is 5.01. The molecule has 1 N–H and O–H groups in total. The van der Waals surface area contributed by atoms with E-state index in [0.29, 0.717) is 18.1 Å². The number of rotatable bonds is 4. The summed E-state index contributed by atoms with van der Waals surface area (Å²) in [5, 5.41) is 8.67. The van der Waals surface area contributed by atoms with E-state index in [9.17, 15) is 0 Å². The summed E-state index contributed by atoms with van der Waals surface area (Å²) in [6.07, 6.45) is 13.7. The minimum absolute atomic E-state index is 0.518. The van der Waals surface area contributed by atoms with Gasteiger partial charge in [0.05, 0.1) is 6.54 Å². The van der Waals surface area contributed by atoms with Gasteiger partial charge in [0.25, 0.3) is 0 Å². The van der Waals surface area contributed by atoms with Crippen molar-refractivity contribution in [3.63, 3.8) is 0 Å². The number of ether oxygens (including phenoxy) is 1. The Morgan fingerprint density at radius 3 is 2.74 bits per heavy atom. The molecule has 0 unspecified atom stereocenters. The third-order valence-electron chi connectivity index (χ3n) is 6.37. The molecule has 2 heterocycles. The smallest absolute Gasteiger partial charge is 0.176 e. The fraction of sp³-hybridized carbons (Fsp3) is 0.889. The summed E-state index contributed by atoms with van der Waals surface area (Å²) in [6, 6.07) is 1.28. The number of nitrogens with zero attached hydrogens (tertiary/aromatic N) is 3. The first-order valence-corrected chi connectivity index (χ1v) is 9.47. The van der Waals surface area contributed by atoms with Crippen molar-refractivity contribution < 1.29 is 4.74 Å². The maximum Gasteiger partial charge on any atom is 0.176 e. The van der Waals surface area contributed by atoms with E-state index in [1.165, 1.54) is 57.8 Å². The third kappa shape index (κ3) is 3.05. The highest BCUT2D eigenvalue weighted by atomic mass is 16.5. The number of fused-ring (bicyclic) bond motifs is 1. The number of hydrogen-bond acceptors (Lipinski definition) is 4. The summed E-state index contributed by atoms with van der Waals surface area (Å²) in [4.78, 5) is 4.59. The topological polar surface area (TPSA) is 52.0 Å². The Hall–Kier alpha value is -0.940. The summed E-state index contributed by atoms with van der Waals surface area (Å²) < 4.78 is 7.27. The fourth-order valence-electron chi connectivity index (χ4n) is 5.22. The van der Waals surface area contributed by atoms with Gasteiger partial charge in [-0.1, -0.05) is 25.7 Å². The average molecular weight is 318 g/mol. The number of nitrogens with one attached hydrogen (secondary N) is 1. The van der Waals surface area contributed by atoms with Crippen molar-refractivity contribution in [2.24, 2.45) is 5.41 Å². The van der Waals surface area contributed by atoms with Crippen LogP contribution >= 0.6 is 0 Å². The van der Waals surface area contributed by atoms with E-state index in [4.69, 9.17) is 4.74 Å². The largest absolute Gasteiger partial charge is 0.377 e. The van der Waals surface area contributed by atoms with Crippen LogP contribution in [0, 0.1) is 5.41 Å². The van der Waals surface area contributed by atoms with Crippen molar-refractivity contribution in [1.82, 2.24) is 20.1 Å². The van der Waals surface area contributed by atoms with Crippen LogP contribution in [-0.2, 0) is 24.3 Å². The zero-order valence-corrected chi connectivity index (χ0v) is 14.4. The lowest BCUT2D eigenvalue weighted by Crippen LogP contribution is -2.52. The lowest BCUT2D eigenvalue weighted by atomic mass is 9.69. The van der Waals surface area contributed by atoms with Crippen LogP contribution < -0.4 is 5.32 Å². The van der Waals surface area contributed by atoms with E-state index in [2.05, 4.69) is 20.1 Å². The van der Waals surface area contributed by atoms with Crippen molar-refractivity contribution in [3.8, 4) is 0 Å². The van der Waals surface area contributed by atoms with Crippen molar-refractivity contribution >= 4 is 0 Å². The van der Waals surface area contributed by atoms with E-state index in [1.807, 2.05) is 0 Å². The van der Waals surface area contributed by atoms with Gasteiger partial charge in [0.15, 0.2) is 5.82 Å². The zero-order chi connectivity index (χ0) is 15.7. The van der Waals surface area contributed by atoms with E-state index < -0.39 is 0 Å². The molecule has 4 rings (SSSR count). The molecule has 0 saturated heterocycles. The van der Waals surface area contributed by atoms with Gasteiger partial charge in [-0.3, -0.25) is 0 Å². The van der Waals surface area contributed by atoms with Gasteiger partial charge in [-0.05, 0) is 37.5 Å². The van der Waals surface area contributed by atoms with E-state index in [0.717, 1.165) is 30.7 Å². The van der Waals surface area contributed by atoms with Crippen LogP contribution in [0.5, 0.6) is 0 Å². The lowest BCUT2D eigenvalue weighted by Gasteiger charge is -2.44. The van der Waals surface area contributed by atoms with Gasteiger partial charge in [0.2, 0.25) is 0 Å². The molecule has 1 aliphatic heterocycles. The van der Waals surface area contributed by atoms with Gasteiger partial charge in [-0.15, -0.1) is 0 Å². The highest BCUT2D eigenvalue weighted by Gasteiger charge is 2.43. The standard InChI is InChI=1S/C18H30N4O/c1-23-13-16-20-17-8-7-14(12-22(17)21-16)19-15-6-2-3-9-18(15)10-4-5-11-18/h14-15,19H,2-13H2,1H3/t14-,15+/m0/s1.